The van der Waals surface area contributed by atoms with Gasteiger partial charge in [-0.2, -0.15) is 0 Å². The lowest BCUT2D eigenvalue weighted by Crippen LogP contribution is -1.82. The highest BCUT2D eigenvalue weighted by Crippen LogP contribution is 2.27. The minimum Gasteiger partial charge on any atom is -0.375 e. The van der Waals surface area contributed by atoms with Crippen LogP contribution in [-0.2, 0) is 0 Å². The molecule has 0 aliphatic heterocycles. The molecule has 2 N–H and O–H groups in total. The predicted molar refractivity (Wildman–Crippen MR) is 67.3 cm³/mol. The molecule has 0 aliphatic rings. The maximum atomic E-state index is 5.65. The third-order valence-corrected chi connectivity index (χ3v) is 3.19. The number of benzene rings is 1. The average molecular weight is 227 g/mol. The smallest absolute Gasteiger partial charge is 0.182 e. The maximum Gasteiger partial charge on any atom is 0.182 e. The van der Waals surface area contributed by atoms with Gasteiger partial charge in [0.2, 0.25) is 0 Å². The van der Waals surface area contributed by atoms with Gasteiger partial charge in [0.1, 0.15) is 0 Å². The van der Waals surface area contributed by atoms with E-state index >= 15 is 0 Å². The van der Waals surface area contributed by atoms with Crippen LogP contribution in [0.25, 0.3) is 21.5 Å². The fourth-order valence-electron chi connectivity index (χ4n) is 1.62. The Morgan fingerprint density at radius 1 is 1.06 bits per heavy atom. The zero-order valence-electron chi connectivity index (χ0n) is 8.42. The van der Waals surface area contributed by atoms with Crippen molar-refractivity contribution in [1.29, 1.82) is 0 Å². The van der Waals surface area contributed by atoms with Crippen molar-refractivity contribution in [2.75, 3.05) is 5.73 Å². The van der Waals surface area contributed by atoms with Gasteiger partial charge in [-0.3, -0.25) is 0 Å². The molecule has 1 aromatic carbocycles. The monoisotopic (exact) mass is 227 g/mol. The second-order valence-electron chi connectivity index (χ2n) is 3.46. The predicted octanol–water partition coefficient (Wildman–Crippen LogP) is 2.94. The summed E-state index contributed by atoms with van der Waals surface area (Å²) in [5, 5.41) is 0.563. The fraction of sp³-hybridized carbons (Fsp3) is 0. The number of nitrogens with two attached hydrogens (primary N) is 1. The molecule has 0 aliphatic carbocycles. The van der Waals surface area contributed by atoms with Gasteiger partial charge in [-0.15, -0.1) is 0 Å². The van der Waals surface area contributed by atoms with Gasteiger partial charge < -0.3 is 5.73 Å². The van der Waals surface area contributed by atoms with Gasteiger partial charge in [0.25, 0.3) is 0 Å². The molecule has 0 unspecified atom stereocenters. The summed E-state index contributed by atoms with van der Waals surface area (Å²) in [6, 6.07) is 12.2. The maximum absolute atomic E-state index is 5.65. The molecule has 4 heteroatoms. The van der Waals surface area contributed by atoms with Crippen LogP contribution in [0.5, 0.6) is 0 Å². The van der Waals surface area contributed by atoms with Gasteiger partial charge in [-0.05, 0) is 11.6 Å². The van der Waals surface area contributed by atoms with Crippen molar-refractivity contribution >= 4 is 26.8 Å². The minimum atomic E-state index is 0.563. The Morgan fingerprint density at radius 2 is 1.88 bits per heavy atom. The Bertz CT molecular complexity index is 631. The Labute approximate surface area is 96.6 Å². The fourth-order valence-corrected chi connectivity index (χ4v) is 2.36. The van der Waals surface area contributed by atoms with Crippen molar-refractivity contribution in [2.45, 2.75) is 0 Å². The lowest BCUT2D eigenvalue weighted by Gasteiger charge is -1.99. The molecular formula is C12H9N3S. The number of thiazole rings is 1. The Morgan fingerprint density at radius 3 is 2.69 bits per heavy atom. The van der Waals surface area contributed by atoms with E-state index in [1.807, 2.05) is 24.4 Å². The van der Waals surface area contributed by atoms with Gasteiger partial charge in [0, 0.05) is 11.8 Å². The highest BCUT2D eigenvalue weighted by molar-refractivity contribution is 7.22. The van der Waals surface area contributed by atoms with E-state index in [1.54, 1.807) is 0 Å². The molecule has 0 saturated carbocycles. The van der Waals surface area contributed by atoms with E-state index in [0.29, 0.717) is 5.13 Å². The van der Waals surface area contributed by atoms with E-state index < -0.39 is 0 Å². The van der Waals surface area contributed by atoms with Gasteiger partial charge >= 0.3 is 0 Å². The molecule has 0 bridgehead atoms. The summed E-state index contributed by atoms with van der Waals surface area (Å²) in [7, 11) is 0. The lowest BCUT2D eigenvalue weighted by molar-refractivity contribution is 1.33. The van der Waals surface area contributed by atoms with Crippen LogP contribution >= 0.6 is 11.3 Å². The van der Waals surface area contributed by atoms with Crippen LogP contribution < -0.4 is 5.73 Å². The highest BCUT2D eigenvalue weighted by Gasteiger charge is 2.04. The Hall–Kier alpha value is -1.94. The van der Waals surface area contributed by atoms with Crippen molar-refractivity contribution in [3.05, 3.63) is 42.6 Å². The second kappa shape index (κ2) is 3.57. The van der Waals surface area contributed by atoms with Crippen LogP contribution in [0.1, 0.15) is 0 Å². The number of hydrogen-bond donors (Lipinski definition) is 1. The van der Waals surface area contributed by atoms with Crippen molar-refractivity contribution in [3.63, 3.8) is 0 Å². The number of nitrogen functional groups attached to an aromatic ring is 1. The topological polar surface area (TPSA) is 51.8 Å². The number of nitrogens with zero attached hydrogens (tertiary/aromatic N) is 2. The van der Waals surface area contributed by atoms with Crippen molar-refractivity contribution in [3.8, 4) is 11.1 Å². The molecule has 2 heterocycles. The molecule has 16 heavy (non-hydrogen) atoms. The molecule has 3 aromatic rings. The van der Waals surface area contributed by atoms with Gasteiger partial charge in [-0.1, -0.05) is 41.7 Å². The van der Waals surface area contributed by atoms with E-state index in [1.165, 1.54) is 11.3 Å². The number of fused-ring (bicyclic) bond motifs is 1. The van der Waals surface area contributed by atoms with Crippen LogP contribution in [0.4, 0.5) is 5.13 Å². The van der Waals surface area contributed by atoms with E-state index in [0.717, 1.165) is 21.5 Å². The quantitative estimate of drug-likeness (QED) is 0.695. The molecule has 3 nitrogen and oxygen atoms in total. The normalized spacial score (nSPS) is 10.8. The number of rotatable bonds is 1. The SMILES string of the molecule is Nc1nc2ncc(-c3ccccc3)cc2s1. The second-order valence-corrected chi connectivity index (χ2v) is 4.53. The molecule has 0 amide bonds. The third-order valence-electron chi connectivity index (χ3n) is 2.37. The molecule has 0 atom stereocenters. The van der Waals surface area contributed by atoms with Crippen molar-refractivity contribution in [1.82, 2.24) is 9.97 Å². The summed E-state index contributed by atoms with van der Waals surface area (Å²) in [4.78, 5) is 8.43. The molecule has 0 radical (unpaired) electrons. The summed E-state index contributed by atoms with van der Waals surface area (Å²) in [6.45, 7) is 0. The number of hydrogen-bond acceptors (Lipinski definition) is 4. The summed E-state index contributed by atoms with van der Waals surface area (Å²) in [6.07, 6.45) is 1.83. The number of anilines is 1. The molecule has 0 spiro atoms. The summed E-state index contributed by atoms with van der Waals surface area (Å²) < 4.78 is 1.03. The van der Waals surface area contributed by atoms with Gasteiger partial charge in [-0.25, -0.2) is 9.97 Å². The zero-order valence-corrected chi connectivity index (χ0v) is 9.24. The van der Waals surface area contributed by atoms with Crippen LogP contribution in [0.15, 0.2) is 42.6 Å². The largest absolute Gasteiger partial charge is 0.375 e. The van der Waals surface area contributed by atoms with Crippen molar-refractivity contribution in [2.24, 2.45) is 0 Å². The standard InChI is InChI=1S/C12H9N3S/c13-12-15-11-10(16-12)6-9(7-14-11)8-4-2-1-3-5-8/h1-7H,(H2,13,14,15). The van der Waals surface area contributed by atoms with Gasteiger partial charge in [0.15, 0.2) is 10.8 Å². The highest BCUT2D eigenvalue weighted by atomic mass is 32.1. The third kappa shape index (κ3) is 1.53. The minimum absolute atomic E-state index is 0.563. The molecule has 2 aromatic heterocycles. The first-order valence-corrected chi connectivity index (χ1v) is 5.72. The first-order chi connectivity index (χ1) is 7.83. The average Bonchev–Trinajstić information content (AvgIpc) is 2.69. The van der Waals surface area contributed by atoms with E-state index in [4.69, 9.17) is 5.73 Å². The molecule has 78 valence electrons. The number of pyridine rings is 1. The lowest BCUT2D eigenvalue weighted by atomic mass is 10.1. The van der Waals surface area contributed by atoms with Crippen LogP contribution in [0.3, 0.4) is 0 Å². The van der Waals surface area contributed by atoms with E-state index in [2.05, 4.69) is 28.2 Å². The molecule has 3 rings (SSSR count). The summed E-state index contributed by atoms with van der Waals surface area (Å²) in [5.74, 6) is 0. The number of aromatic nitrogens is 2. The zero-order chi connectivity index (χ0) is 11.0. The molecule has 0 fully saturated rings. The Balaban J connectivity index is 2.18. The molecule has 0 saturated heterocycles. The van der Waals surface area contributed by atoms with Crippen LogP contribution in [-0.4, -0.2) is 9.97 Å². The van der Waals surface area contributed by atoms with E-state index in [-0.39, 0.29) is 0 Å². The first-order valence-electron chi connectivity index (χ1n) is 4.90. The Kier molecular flexibility index (Phi) is 2.08. The first kappa shape index (κ1) is 9.30. The summed E-state index contributed by atoms with van der Waals surface area (Å²) in [5.41, 5.74) is 8.62. The summed E-state index contributed by atoms with van der Waals surface area (Å²) >= 11 is 1.47. The molecular weight excluding hydrogens is 218 g/mol. The van der Waals surface area contributed by atoms with Gasteiger partial charge in [0.05, 0.1) is 4.70 Å². The van der Waals surface area contributed by atoms with Crippen LogP contribution in [0, 0.1) is 0 Å². The van der Waals surface area contributed by atoms with Crippen molar-refractivity contribution < 1.29 is 0 Å². The van der Waals surface area contributed by atoms with E-state index in [9.17, 15) is 0 Å². The van der Waals surface area contributed by atoms with Crippen LogP contribution in [0.2, 0.25) is 0 Å².